The van der Waals surface area contributed by atoms with Crippen LogP contribution in [-0.2, 0) is 16.6 Å². The molecule has 172 valence electrons. The molecule has 1 aliphatic rings. The number of fused-ring (bicyclic) bond motifs is 1. The Morgan fingerprint density at radius 2 is 1.91 bits per heavy atom. The minimum absolute atomic E-state index is 0.210. The predicted octanol–water partition coefficient (Wildman–Crippen LogP) is 5.22. The topological polar surface area (TPSA) is 54.3 Å². The first-order valence-electron chi connectivity index (χ1n) is 11.4. The molecule has 3 aromatic rings. The summed E-state index contributed by atoms with van der Waals surface area (Å²) in [5, 5.41) is 4.36. The van der Waals surface area contributed by atoms with E-state index in [0.717, 1.165) is 43.5 Å². The highest BCUT2D eigenvalue weighted by atomic mass is 32.2. The van der Waals surface area contributed by atoms with E-state index in [9.17, 15) is 8.42 Å². The molecule has 5 nitrogen and oxygen atoms in total. The van der Waals surface area contributed by atoms with Crippen LogP contribution in [0.4, 0.5) is 5.69 Å². The molecule has 0 atom stereocenters. The van der Waals surface area contributed by atoms with Crippen LogP contribution in [0.15, 0.2) is 96.6 Å². The van der Waals surface area contributed by atoms with Crippen LogP contribution in [0.25, 0.3) is 10.9 Å². The highest BCUT2D eigenvalue weighted by molar-refractivity contribution is 7.94. The van der Waals surface area contributed by atoms with E-state index < -0.39 is 10.0 Å². The van der Waals surface area contributed by atoms with E-state index in [1.807, 2.05) is 24.3 Å². The van der Waals surface area contributed by atoms with Crippen LogP contribution in [0.1, 0.15) is 25.3 Å². The molecule has 2 aromatic carbocycles. The zero-order valence-corrected chi connectivity index (χ0v) is 19.8. The SMILES string of the molecule is C=C/C=C(\C=C/C)S(=O)(=O)n1ccc2cc(N(Cc3ccccc3)C3CCNCC3)ccc21. The minimum atomic E-state index is -3.71. The highest BCUT2D eigenvalue weighted by Crippen LogP contribution is 2.30. The molecule has 0 unspecified atom stereocenters. The number of hydrogen-bond donors (Lipinski definition) is 1. The zero-order valence-electron chi connectivity index (χ0n) is 19.0. The van der Waals surface area contributed by atoms with E-state index in [1.165, 1.54) is 21.7 Å². The fourth-order valence-electron chi connectivity index (χ4n) is 4.44. The normalized spacial score (nSPS) is 15.8. The van der Waals surface area contributed by atoms with Gasteiger partial charge >= 0.3 is 0 Å². The zero-order chi connectivity index (χ0) is 23.3. The van der Waals surface area contributed by atoms with Crippen molar-refractivity contribution in [3.63, 3.8) is 0 Å². The van der Waals surface area contributed by atoms with Gasteiger partial charge in [-0.15, -0.1) is 0 Å². The van der Waals surface area contributed by atoms with Gasteiger partial charge in [-0.3, -0.25) is 0 Å². The Kier molecular flexibility index (Phi) is 7.16. The number of nitrogens with one attached hydrogen (secondary N) is 1. The van der Waals surface area contributed by atoms with Crippen LogP contribution in [0.2, 0.25) is 0 Å². The van der Waals surface area contributed by atoms with Crippen LogP contribution in [0.5, 0.6) is 0 Å². The first-order chi connectivity index (χ1) is 16.0. The largest absolute Gasteiger partial charge is 0.364 e. The molecule has 1 N–H and O–H groups in total. The molecule has 2 heterocycles. The van der Waals surface area contributed by atoms with Crippen molar-refractivity contribution in [1.29, 1.82) is 0 Å². The number of piperidine rings is 1. The first-order valence-corrected chi connectivity index (χ1v) is 12.8. The van der Waals surface area contributed by atoms with Gasteiger partial charge in [0.15, 0.2) is 0 Å². The van der Waals surface area contributed by atoms with Crippen molar-refractivity contribution in [2.45, 2.75) is 32.4 Å². The molecule has 0 aliphatic carbocycles. The molecular weight excluding hydrogens is 430 g/mol. The van der Waals surface area contributed by atoms with Crippen molar-refractivity contribution in [1.82, 2.24) is 9.29 Å². The maximum absolute atomic E-state index is 13.3. The third kappa shape index (κ3) is 4.97. The van der Waals surface area contributed by atoms with Crippen LogP contribution < -0.4 is 10.2 Å². The van der Waals surface area contributed by atoms with Crippen molar-refractivity contribution in [2.75, 3.05) is 18.0 Å². The number of hydrogen-bond acceptors (Lipinski definition) is 4. The van der Waals surface area contributed by atoms with Gasteiger partial charge in [0.05, 0.1) is 10.4 Å². The summed E-state index contributed by atoms with van der Waals surface area (Å²) in [6.07, 6.45) is 10.1. The predicted molar refractivity (Wildman–Crippen MR) is 138 cm³/mol. The van der Waals surface area contributed by atoms with E-state index in [1.54, 1.807) is 25.3 Å². The summed E-state index contributed by atoms with van der Waals surface area (Å²) in [6, 6.07) is 18.9. The average Bonchev–Trinajstić information content (AvgIpc) is 3.28. The number of anilines is 1. The van der Waals surface area contributed by atoms with Gasteiger partial charge in [-0.2, -0.15) is 0 Å². The number of aromatic nitrogens is 1. The molecular formula is C27H31N3O2S. The van der Waals surface area contributed by atoms with Gasteiger partial charge in [-0.25, -0.2) is 12.4 Å². The smallest absolute Gasteiger partial charge is 0.268 e. The van der Waals surface area contributed by atoms with Crippen molar-refractivity contribution >= 4 is 26.6 Å². The number of allylic oxidation sites excluding steroid dienone is 4. The fourth-order valence-corrected chi connectivity index (χ4v) is 5.89. The van der Waals surface area contributed by atoms with Crippen molar-refractivity contribution in [3.05, 3.63) is 102 Å². The van der Waals surface area contributed by atoms with E-state index in [4.69, 9.17) is 0 Å². The standard InChI is InChI=1S/C27H31N3O2S/c1-3-8-26(9-4-2)33(31,32)30-19-16-23-20-25(12-13-27(23)30)29(24-14-17-28-18-15-24)21-22-10-6-5-7-11-22/h3-13,16,19-20,24,28H,1,14-15,17-18,21H2,2H3/b9-4-,26-8+. The van der Waals surface area contributed by atoms with Crippen LogP contribution in [0.3, 0.4) is 0 Å². The lowest BCUT2D eigenvalue weighted by Gasteiger charge is -2.36. The summed E-state index contributed by atoms with van der Waals surface area (Å²) in [5.74, 6) is 0. The monoisotopic (exact) mass is 461 g/mol. The summed E-state index contributed by atoms with van der Waals surface area (Å²) < 4.78 is 27.9. The summed E-state index contributed by atoms with van der Waals surface area (Å²) in [5.41, 5.74) is 3.05. The molecule has 0 saturated carbocycles. The van der Waals surface area contributed by atoms with Gasteiger partial charge in [0.2, 0.25) is 0 Å². The molecule has 4 rings (SSSR count). The van der Waals surface area contributed by atoms with E-state index in [-0.39, 0.29) is 4.91 Å². The lowest BCUT2D eigenvalue weighted by Crippen LogP contribution is -2.43. The Labute approximate surface area is 196 Å². The van der Waals surface area contributed by atoms with Crippen LogP contribution in [-0.4, -0.2) is 31.5 Å². The Bertz CT molecular complexity index is 1270. The number of benzene rings is 2. The molecule has 0 radical (unpaired) electrons. The Morgan fingerprint density at radius 1 is 1.15 bits per heavy atom. The molecule has 0 spiro atoms. The summed E-state index contributed by atoms with van der Waals surface area (Å²) in [4.78, 5) is 2.67. The summed E-state index contributed by atoms with van der Waals surface area (Å²) in [6.45, 7) is 8.30. The molecule has 0 bridgehead atoms. The van der Waals surface area contributed by atoms with E-state index >= 15 is 0 Å². The van der Waals surface area contributed by atoms with E-state index in [2.05, 4.69) is 47.1 Å². The number of nitrogens with zero attached hydrogens (tertiary/aromatic N) is 2. The maximum Gasteiger partial charge on any atom is 0.268 e. The first kappa shape index (κ1) is 23.1. The molecule has 33 heavy (non-hydrogen) atoms. The minimum Gasteiger partial charge on any atom is -0.364 e. The Balaban J connectivity index is 1.73. The van der Waals surface area contributed by atoms with Crippen LogP contribution in [0, 0.1) is 0 Å². The lowest BCUT2D eigenvalue weighted by atomic mass is 10.0. The second kappa shape index (κ2) is 10.2. The molecule has 6 heteroatoms. The van der Waals surface area contributed by atoms with Crippen molar-refractivity contribution in [3.8, 4) is 0 Å². The highest BCUT2D eigenvalue weighted by Gasteiger charge is 2.23. The Hall–Kier alpha value is -3.09. The van der Waals surface area contributed by atoms with Gasteiger partial charge in [-0.1, -0.05) is 49.1 Å². The third-order valence-corrected chi connectivity index (χ3v) is 7.79. The maximum atomic E-state index is 13.3. The van der Waals surface area contributed by atoms with Gasteiger partial charge in [0.1, 0.15) is 0 Å². The van der Waals surface area contributed by atoms with Gasteiger partial charge < -0.3 is 10.2 Å². The molecule has 1 aromatic heterocycles. The second-order valence-corrected chi connectivity index (χ2v) is 10.1. The fraction of sp³-hybridized carbons (Fsp3) is 0.259. The number of rotatable bonds is 8. The summed E-state index contributed by atoms with van der Waals surface area (Å²) in [7, 11) is -3.71. The van der Waals surface area contributed by atoms with Gasteiger partial charge in [0, 0.05) is 29.9 Å². The van der Waals surface area contributed by atoms with Gasteiger partial charge in [0.25, 0.3) is 10.0 Å². The van der Waals surface area contributed by atoms with Crippen molar-refractivity contribution in [2.24, 2.45) is 0 Å². The van der Waals surface area contributed by atoms with Crippen LogP contribution >= 0.6 is 0 Å². The quantitative estimate of drug-likeness (QED) is 0.467. The Morgan fingerprint density at radius 3 is 2.61 bits per heavy atom. The molecule has 0 amide bonds. The summed E-state index contributed by atoms with van der Waals surface area (Å²) >= 11 is 0. The molecule has 1 saturated heterocycles. The lowest BCUT2D eigenvalue weighted by molar-refractivity contribution is 0.428. The molecule has 1 aliphatic heterocycles. The van der Waals surface area contributed by atoms with Crippen molar-refractivity contribution < 1.29 is 8.42 Å². The third-order valence-electron chi connectivity index (χ3n) is 6.08. The second-order valence-electron chi connectivity index (χ2n) is 8.26. The average molecular weight is 462 g/mol. The van der Waals surface area contributed by atoms with Gasteiger partial charge in [-0.05, 0) is 74.8 Å². The molecule has 1 fully saturated rings. The van der Waals surface area contributed by atoms with E-state index in [0.29, 0.717) is 11.6 Å².